The van der Waals surface area contributed by atoms with Crippen molar-refractivity contribution < 1.29 is 31.1 Å². The van der Waals surface area contributed by atoms with Gasteiger partial charge in [0.2, 0.25) is 5.88 Å². The van der Waals surface area contributed by atoms with Crippen LogP contribution in [0.5, 0.6) is 5.88 Å². The number of pyridine rings is 2. The van der Waals surface area contributed by atoms with Crippen molar-refractivity contribution >= 4 is 27.6 Å². The molecule has 1 amide bonds. The van der Waals surface area contributed by atoms with E-state index in [9.17, 15) is 26.4 Å². The number of carbonyl (C=O) groups is 1. The SMILES string of the molecule is CC1(C)CC[C@@H]2CCCNc3cccc(n3)S(=O)(=O)NC(=O)c3ccc(-n4ccc(OCCC5(C(F)(F)F)CC5)n4)nc3N21. The molecule has 2 N–H and O–H groups in total. The summed E-state index contributed by atoms with van der Waals surface area (Å²) >= 11 is 0. The zero-order valence-electron chi connectivity index (χ0n) is 24.4. The van der Waals surface area contributed by atoms with Crippen LogP contribution in [0.2, 0.25) is 0 Å². The van der Waals surface area contributed by atoms with Gasteiger partial charge in [-0.1, -0.05) is 6.07 Å². The minimum atomic E-state index is -4.30. The Labute approximate surface area is 253 Å². The highest BCUT2D eigenvalue weighted by molar-refractivity contribution is 7.90. The second-order valence-electron chi connectivity index (χ2n) is 12.3. The molecule has 1 saturated heterocycles. The van der Waals surface area contributed by atoms with Crippen LogP contribution in [-0.4, -0.2) is 65.0 Å². The molecule has 11 nitrogen and oxygen atoms in total. The lowest BCUT2D eigenvalue weighted by atomic mass is 10.0. The van der Waals surface area contributed by atoms with E-state index in [-0.39, 0.29) is 48.4 Å². The smallest absolute Gasteiger partial charge is 0.394 e. The number of hydrogen-bond acceptors (Lipinski definition) is 9. The summed E-state index contributed by atoms with van der Waals surface area (Å²) in [6, 6.07) is 9.17. The number of alkyl halides is 3. The number of rotatable bonds is 5. The number of carbonyl (C=O) groups excluding carboxylic acids is 1. The van der Waals surface area contributed by atoms with Gasteiger partial charge in [-0.05, 0) is 83.1 Å². The van der Waals surface area contributed by atoms with E-state index in [1.807, 2.05) is 0 Å². The predicted molar refractivity (Wildman–Crippen MR) is 155 cm³/mol. The van der Waals surface area contributed by atoms with Crippen LogP contribution in [-0.2, 0) is 10.0 Å². The first-order chi connectivity index (χ1) is 20.8. The number of nitrogens with zero attached hydrogens (tertiary/aromatic N) is 5. The van der Waals surface area contributed by atoms with Gasteiger partial charge in [-0.25, -0.2) is 19.4 Å². The molecule has 1 saturated carbocycles. The minimum absolute atomic E-state index is 0.0276. The summed E-state index contributed by atoms with van der Waals surface area (Å²) in [5.74, 6) is 0.355. The molecule has 5 heterocycles. The van der Waals surface area contributed by atoms with Crippen molar-refractivity contribution in [1.29, 1.82) is 0 Å². The van der Waals surface area contributed by atoms with Crippen LogP contribution in [0.15, 0.2) is 47.6 Å². The third-order valence-electron chi connectivity index (χ3n) is 8.77. The molecule has 3 aromatic rings. The van der Waals surface area contributed by atoms with E-state index in [0.29, 0.717) is 24.0 Å². The number of nitrogens with one attached hydrogen (secondary N) is 2. The highest BCUT2D eigenvalue weighted by Crippen LogP contribution is 2.59. The van der Waals surface area contributed by atoms with Gasteiger partial charge in [-0.2, -0.15) is 21.6 Å². The highest BCUT2D eigenvalue weighted by atomic mass is 32.2. The third kappa shape index (κ3) is 5.81. The molecule has 2 fully saturated rings. The molecule has 0 aromatic carbocycles. The lowest BCUT2D eigenvalue weighted by Gasteiger charge is -2.38. The predicted octanol–water partition coefficient (Wildman–Crippen LogP) is 4.85. The summed E-state index contributed by atoms with van der Waals surface area (Å²) < 4.78 is 75.3. The summed E-state index contributed by atoms with van der Waals surface area (Å²) in [7, 11) is -4.30. The Bertz CT molecular complexity index is 1670. The van der Waals surface area contributed by atoms with E-state index in [0.717, 1.165) is 25.7 Å². The Morgan fingerprint density at radius 3 is 2.61 bits per heavy atom. The average Bonchev–Trinajstić information content (AvgIpc) is 3.51. The molecule has 3 aliphatic rings. The normalized spacial score (nSPS) is 22.2. The Morgan fingerprint density at radius 1 is 1.07 bits per heavy atom. The second kappa shape index (κ2) is 10.9. The lowest BCUT2D eigenvalue weighted by Crippen LogP contribution is -2.45. The topological polar surface area (TPSA) is 131 Å². The lowest BCUT2D eigenvalue weighted by molar-refractivity contribution is -0.190. The van der Waals surface area contributed by atoms with Crippen molar-refractivity contribution in [3.05, 3.63) is 48.2 Å². The summed E-state index contributed by atoms with van der Waals surface area (Å²) in [6.45, 7) is 4.57. The van der Waals surface area contributed by atoms with Gasteiger partial charge in [0, 0.05) is 30.4 Å². The first-order valence-electron chi connectivity index (χ1n) is 14.6. The Morgan fingerprint density at radius 2 is 1.86 bits per heavy atom. The molecule has 2 aliphatic heterocycles. The number of halogens is 3. The summed E-state index contributed by atoms with van der Waals surface area (Å²) in [4.78, 5) is 24.7. The van der Waals surface area contributed by atoms with Crippen molar-refractivity contribution in [2.75, 3.05) is 23.4 Å². The van der Waals surface area contributed by atoms with Gasteiger partial charge in [0.15, 0.2) is 10.8 Å². The van der Waals surface area contributed by atoms with E-state index in [1.54, 1.807) is 18.3 Å². The summed E-state index contributed by atoms with van der Waals surface area (Å²) in [5, 5.41) is 7.24. The van der Waals surface area contributed by atoms with Crippen LogP contribution in [0.25, 0.3) is 5.82 Å². The van der Waals surface area contributed by atoms with Crippen LogP contribution >= 0.6 is 0 Å². The van der Waals surface area contributed by atoms with Gasteiger partial charge in [-0.3, -0.25) is 4.79 Å². The maximum Gasteiger partial charge on any atom is 0.394 e. The number of hydrogen-bond donors (Lipinski definition) is 2. The number of sulfonamides is 1. The van der Waals surface area contributed by atoms with E-state index < -0.39 is 33.1 Å². The van der Waals surface area contributed by atoms with E-state index in [2.05, 4.69) is 38.9 Å². The van der Waals surface area contributed by atoms with Crippen molar-refractivity contribution in [2.45, 2.75) is 81.6 Å². The fraction of sp³-hybridized carbons (Fsp3) is 0.517. The van der Waals surface area contributed by atoms with Gasteiger partial charge in [-0.15, -0.1) is 5.10 Å². The molecule has 3 aromatic heterocycles. The van der Waals surface area contributed by atoms with E-state index in [4.69, 9.17) is 9.72 Å². The second-order valence-corrected chi connectivity index (χ2v) is 13.9. The standard InChI is InChI=1S/C29H34F3N7O4S/c1-27(2)12-10-19-5-4-16-33-21-6-3-7-24(34-21)44(41,42)37-26(40)20-8-9-22(35-25(20)39(19)27)38-17-11-23(36-38)43-18-15-28(13-14-28)29(30,31)32/h3,6-9,11,17,19H,4-5,10,12-16,18H2,1-2H3,(H,33,34)(H,37,40)/t19-/m0/s1. The largest absolute Gasteiger partial charge is 0.477 e. The highest BCUT2D eigenvalue weighted by Gasteiger charge is 2.62. The van der Waals surface area contributed by atoms with E-state index in [1.165, 1.54) is 28.9 Å². The first-order valence-corrected chi connectivity index (χ1v) is 16.1. The zero-order valence-corrected chi connectivity index (χ0v) is 25.2. The van der Waals surface area contributed by atoms with Crippen molar-refractivity contribution in [2.24, 2.45) is 5.41 Å². The molecular formula is C29H34F3N7O4S. The van der Waals surface area contributed by atoms with Crippen LogP contribution in [0.1, 0.15) is 69.2 Å². The fourth-order valence-electron chi connectivity index (χ4n) is 6.06. The molecule has 236 valence electrons. The Balaban J connectivity index is 1.32. The minimum Gasteiger partial charge on any atom is -0.477 e. The summed E-state index contributed by atoms with van der Waals surface area (Å²) in [5.41, 5.74) is -1.98. The molecule has 15 heteroatoms. The van der Waals surface area contributed by atoms with Crippen molar-refractivity contribution in [1.82, 2.24) is 24.5 Å². The molecular weight excluding hydrogens is 599 g/mol. The molecule has 0 unspecified atom stereocenters. The monoisotopic (exact) mass is 633 g/mol. The Hall–Kier alpha value is -3.88. The molecule has 1 aliphatic carbocycles. The van der Waals surface area contributed by atoms with E-state index >= 15 is 0 Å². The Kier molecular flexibility index (Phi) is 7.49. The maximum absolute atomic E-state index is 13.6. The molecule has 2 bridgehead atoms. The molecule has 1 atom stereocenters. The van der Waals surface area contributed by atoms with Crippen LogP contribution in [0.3, 0.4) is 0 Å². The number of ether oxygens (including phenoxy) is 1. The third-order valence-corrected chi connectivity index (χ3v) is 10.0. The average molecular weight is 634 g/mol. The van der Waals surface area contributed by atoms with Gasteiger partial charge in [0.05, 0.1) is 17.6 Å². The number of anilines is 2. The van der Waals surface area contributed by atoms with Crippen LogP contribution < -0.4 is 19.7 Å². The first kappa shape index (κ1) is 30.2. The fourth-order valence-corrected chi connectivity index (χ4v) is 6.99. The molecule has 0 radical (unpaired) electrons. The number of aromatic nitrogens is 4. The molecule has 44 heavy (non-hydrogen) atoms. The van der Waals surface area contributed by atoms with Gasteiger partial charge >= 0.3 is 6.18 Å². The van der Waals surface area contributed by atoms with Crippen LogP contribution in [0, 0.1) is 5.41 Å². The number of amides is 1. The molecule has 0 spiro atoms. The van der Waals surface area contributed by atoms with Gasteiger partial charge in [0.25, 0.3) is 15.9 Å². The maximum atomic E-state index is 13.6. The molecule has 6 rings (SSSR count). The zero-order chi connectivity index (χ0) is 31.3. The van der Waals surface area contributed by atoms with Crippen molar-refractivity contribution in [3.8, 4) is 11.7 Å². The van der Waals surface area contributed by atoms with Crippen LogP contribution in [0.4, 0.5) is 24.8 Å². The van der Waals surface area contributed by atoms with Crippen molar-refractivity contribution in [3.63, 3.8) is 0 Å². The van der Waals surface area contributed by atoms with Gasteiger partial charge in [0.1, 0.15) is 11.6 Å². The van der Waals surface area contributed by atoms with Gasteiger partial charge < -0.3 is 15.0 Å². The quantitative estimate of drug-likeness (QED) is 0.405. The number of fused-ring (bicyclic) bond motifs is 5. The summed E-state index contributed by atoms with van der Waals surface area (Å²) in [6.07, 6.45) is 0.643.